The number of amides is 2. The van der Waals surface area contributed by atoms with Crippen LogP contribution in [0.5, 0.6) is 0 Å². The first-order valence-corrected chi connectivity index (χ1v) is 12.3. The highest BCUT2D eigenvalue weighted by Gasteiger charge is 2.46. The summed E-state index contributed by atoms with van der Waals surface area (Å²) >= 11 is 1.38. The second-order valence-electron chi connectivity index (χ2n) is 8.79. The molecule has 2 aromatic rings. The van der Waals surface area contributed by atoms with Gasteiger partial charge in [-0.1, -0.05) is 48.5 Å². The minimum atomic E-state index is -0.873. The minimum absolute atomic E-state index is 0.000821. The van der Waals surface area contributed by atoms with Crippen molar-refractivity contribution in [3.63, 3.8) is 0 Å². The zero-order valence-corrected chi connectivity index (χ0v) is 18.9. The van der Waals surface area contributed by atoms with Crippen molar-refractivity contribution in [3.8, 4) is 11.1 Å². The van der Waals surface area contributed by atoms with E-state index in [1.54, 1.807) is 4.90 Å². The molecule has 0 aromatic heterocycles. The van der Waals surface area contributed by atoms with Crippen LogP contribution in [0.3, 0.4) is 0 Å². The van der Waals surface area contributed by atoms with Crippen LogP contribution in [-0.2, 0) is 14.3 Å². The van der Waals surface area contributed by atoms with Gasteiger partial charge in [-0.25, -0.2) is 4.79 Å². The van der Waals surface area contributed by atoms with E-state index >= 15 is 0 Å². The van der Waals surface area contributed by atoms with E-state index in [2.05, 4.69) is 29.6 Å². The molecule has 2 N–H and O–H groups in total. The molecule has 7 nitrogen and oxygen atoms in total. The Morgan fingerprint density at radius 2 is 1.73 bits per heavy atom. The molecule has 172 valence electrons. The number of nitrogens with one attached hydrogen (secondary N) is 1. The first kappa shape index (κ1) is 21.8. The van der Waals surface area contributed by atoms with Crippen LogP contribution in [0.2, 0.25) is 0 Å². The summed E-state index contributed by atoms with van der Waals surface area (Å²) in [5.74, 6) is -0.287. The molecule has 1 aliphatic heterocycles. The van der Waals surface area contributed by atoms with Gasteiger partial charge in [0.2, 0.25) is 5.91 Å². The largest absolute Gasteiger partial charge is 0.480 e. The van der Waals surface area contributed by atoms with Gasteiger partial charge < -0.3 is 20.1 Å². The third kappa shape index (κ3) is 4.44. The number of alkyl carbamates (subject to hydrolysis) is 1. The molecule has 3 atom stereocenters. The summed E-state index contributed by atoms with van der Waals surface area (Å²) < 4.78 is 5.56. The zero-order chi connectivity index (χ0) is 22.9. The predicted molar refractivity (Wildman–Crippen MR) is 125 cm³/mol. The molecule has 0 bridgehead atoms. The van der Waals surface area contributed by atoms with Crippen LogP contribution in [0.1, 0.15) is 23.5 Å². The maximum atomic E-state index is 12.7. The van der Waals surface area contributed by atoms with Crippen molar-refractivity contribution in [2.45, 2.75) is 17.6 Å². The van der Waals surface area contributed by atoms with Crippen LogP contribution in [0.15, 0.2) is 48.5 Å². The first-order chi connectivity index (χ1) is 16.0. The number of hydrogen-bond donors (Lipinski definition) is 2. The van der Waals surface area contributed by atoms with Gasteiger partial charge in [-0.3, -0.25) is 9.59 Å². The molecular weight excluding hydrogens is 440 g/mol. The Morgan fingerprint density at radius 1 is 1.06 bits per heavy atom. The number of benzene rings is 2. The Morgan fingerprint density at radius 3 is 2.39 bits per heavy atom. The lowest BCUT2D eigenvalue weighted by molar-refractivity contribution is -0.138. The van der Waals surface area contributed by atoms with E-state index in [-0.39, 0.29) is 36.8 Å². The molecule has 2 amide bonds. The lowest BCUT2D eigenvalue weighted by Crippen LogP contribution is -2.45. The fourth-order valence-corrected chi connectivity index (χ4v) is 5.91. The molecule has 2 aliphatic carbocycles. The fourth-order valence-electron chi connectivity index (χ4n) is 4.87. The third-order valence-electron chi connectivity index (χ3n) is 6.75. The second-order valence-corrected chi connectivity index (χ2v) is 10.1. The standard InChI is InChI=1S/C25H26N2O5S/c28-23(27-9-10-33-22(13-27)24(29)30)20-11-15(20)12-26-25(31)32-14-21-18-7-3-1-5-16(18)17-6-2-4-8-19(17)21/h1-8,15,20-22H,9-14H2,(H,26,31)(H,29,30)/t15-,20-,22?/m0/s1. The van der Waals surface area contributed by atoms with Gasteiger partial charge in [0.05, 0.1) is 0 Å². The van der Waals surface area contributed by atoms with Crippen molar-refractivity contribution < 1.29 is 24.2 Å². The molecular formula is C25H26N2O5S. The summed E-state index contributed by atoms with van der Waals surface area (Å²) in [6.45, 7) is 1.48. The van der Waals surface area contributed by atoms with Crippen LogP contribution in [0.25, 0.3) is 11.1 Å². The number of aliphatic carboxylic acids is 1. The van der Waals surface area contributed by atoms with E-state index in [1.165, 1.54) is 34.0 Å². The quantitative estimate of drug-likeness (QED) is 0.679. The summed E-state index contributed by atoms with van der Waals surface area (Å²) in [5.41, 5.74) is 4.70. The van der Waals surface area contributed by atoms with Crippen LogP contribution in [-0.4, -0.2) is 65.2 Å². The summed E-state index contributed by atoms with van der Waals surface area (Å²) in [7, 11) is 0. The molecule has 5 rings (SSSR count). The van der Waals surface area contributed by atoms with Gasteiger partial charge in [0.15, 0.2) is 0 Å². The molecule has 3 aliphatic rings. The fraction of sp³-hybridized carbons (Fsp3) is 0.400. The predicted octanol–water partition coefficient (Wildman–Crippen LogP) is 3.19. The highest BCUT2D eigenvalue weighted by molar-refractivity contribution is 8.00. The van der Waals surface area contributed by atoms with Crippen molar-refractivity contribution in [1.82, 2.24) is 10.2 Å². The van der Waals surface area contributed by atoms with Gasteiger partial charge in [0.25, 0.3) is 0 Å². The summed E-state index contributed by atoms with van der Waals surface area (Å²) in [6.07, 6.45) is 0.236. The topological polar surface area (TPSA) is 95.9 Å². The number of nitrogens with zero attached hydrogens (tertiary/aromatic N) is 1. The molecule has 0 radical (unpaired) electrons. The van der Waals surface area contributed by atoms with E-state index in [1.807, 2.05) is 24.3 Å². The number of carbonyl (C=O) groups excluding carboxylic acids is 2. The number of hydrogen-bond acceptors (Lipinski definition) is 5. The van der Waals surface area contributed by atoms with Crippen molar-refractivity contribution in [3.05, 3.63) is 59.7 Å². The zero-order valence-electron chi connectivity index (χ0n) is 18.1. The average molecular weight is 467 g/mol. The maximum absolute atomic E-state index is 12.7. The minimum Gasteiger partial charge on any atom is -0.480 e. The number of carbonyl (C=O) groups is 3. The summed E-state index contributed by atoms with van der Waals surface area (Å²) in [5, 5.41) is 11.5. The third-order valence-corrected chi connectivity index (χ3v) is 7.92. The van der Waals surface area contributed by atoms with Gasteiger partial charge in [0, 0.05) is 37.2 Å². The molecule has 1 saturated heterocycles. The number of thioether (sulfide) groups is 1. The molecule has 1 heterocycles. The van der Waals surface area contributed by atoms with Crippen molar-refractivity contribution >= 4 is 29.7 Å². The molecule has 33 heavy (non-hydrogen) atoms. The van der Waals surface area contributed by atoms with Crippen LogP contribution >= 0.6 is 11.8 Å². The Labute approximate surface area is 196 Å². The van der Waals surface area contributed by atoms with Crippen molar-refractivity contribution in [2.24, 2.45) is 11.8 Å². The number of carboxylic acids is 1. The SMILES string of the molecule is O=C(NC[C@@H]1C[C@@H]1C(=O)N1CCSC(C(=O)O)C1)OCC1c2ccccc2-c2ccccc21. The van der Waals surface area contributed by atoms with Crippen LogP contribution < -0.4 is 5.32 Å². The lowest BCUT2D eigenvalue weighted by Gasteiger charge is -2.30. The number of ether oxygens (including phenoxy) is 1. The van der Waals surface area contributed by atoms with Crippen molar-refractivity contribution in [1.29, 1.82) is 0 Å². The molecule has 2 fully saturated rings. The molecule has 1 unspecified atom stereocenters. The Kier molecular flexibility index (Phi) is 6.01. The Bertz CT molecular complexity index is 1040. The second kappa shape index (κ2) is 9.09. The molecule has 0 spiro atoms. The Balaban J connectivity index is 1.10. The van der Waals surface area contributed by atoms with E-state index < -0.39 is 17.3 Å². The van der Waals surface area contributed by atoms with Crippen LogP contribution in [0.4, 0.5) is 4.79 Å². The maximum Gasteiger partial charge on any atom is 0.407 e. The van der Waals surface area contributed by atoms with Gasteiger partial charge in [-0.15, -0.1) is 11.8 Å². The smallest absolute Gasteiger partial charge is 0.407 e. The van der Waals surface area contributed by atoms with Gasteiger partial charge in [0.1, 0.15) is 11.9 Å². The highest BCUT2D eigenvalue weighted by Crippen LogP contribution is 2.44. The van der Waals surface area contributed by atoms with E-state index in [0.717, 1.165) is 0 Å². The van der Waals surface area contributed by atoms with E-state index in [9.17, 15) is 19.5 Å². The molecule has 2 aromatic carbocycles. The number of rotatable bonds is 6. The monoisotopic (exact) mass is 466 g/mol. The van der Waals surface area contributed by atoms with Crippen LogP contribution in [0, 0.1) is 11.8 Å². The summed E-state index contributed by atoms with van der Waals surface area (Å²) in [4.78, 5) is 37.9. The molecule has 1 saturated carbocycles. The van der Waals surface area contributed by atoms with Gasteiger partial charge in [-0.2, -0.15) is 0 Å². The Hall–Kier alpha value is -3.00. The highest BCUT2D eigenvalue weighted by atomic mass is 32.2. The normalized spacial score (nSPS) is 23.4. The van der Waals surface area contributed by atoms with Gasteiger partial charge in [-0.05, 0) is 34.6 Å². The average Bonchev–Trinajstić information content (AvgIpc) is 3.56. The van der Waals surface area contributed by atoms with E-state index in [4.69, 9.17) is 4.74 Å². The van der Waals surface area contributed by atoms with E-state index in [0.29, 0.717) is 25.3 Å². The molecule has 8 heteroatoms. The van der Waals surface area contributed by atoms with Gasteiger partial charge >= 0.3 is 12.1 Å². The first-order valence-electron chi connectivity index (χ1n) is 11.2. The summed E-state index contributed by atoms with van der Waals surface area (Å²) in [6, 6.07) is 16.4. The number of carboxylic acid groups (broad SMARTS) is 1. The van der Waals surface area contributed by atoms with Crippen molar-refractivity contribution in [2.75, 3.05) is 32.0 Å². The number of fused-ring (bicyclic) bond motifs is 3. The lowest BCUT2D eigenvalue weighted by atomic mass is 9.98.